The molecule has 23 heavy (non-hydrogen) atoms. The Morgan fingerprint density at radius 3 is 1.83 bits per heavy atom. The minimum absolute atomic E-state index is 1.25. The number of benzene rings is 1. The van der Waals surface area contributed by atoms with Crippen LogP contribution in [0.4, 0.5) is 0 Å². The lowest BCUT2D eigenvalue weighted by Gasteiger charge is -2.08. The molecule has 0 amide bonds. The van der Waals surface area contributed by atoms with Crippen LogP contribution < -0.4 is 9.06 Å². The van der Waals surface area contributed by atoms with Crippen molar-refractivity contribution in [3.8, 4) is 0 Å². The van der Waals surface area contributed by atoms with Crippen molar-refractivity contribution in [3.05, 3.63) is 52.6 Å². The highest BCUT2D eigenvalue weighted by molar-refractivity contribution is 8.46. The van der Waals surface area contributed by atoms with Gasteiger partial charge in [0.2, 0.25) is 0 Å². The normalized spacial score (nSPS) is 20.9. The molecule has 0 N–H and O–H groups in total. The molecule has 0 nitrogen and oxygen atoms in total. The standard InChI is InChI=1S/C16H10S7/c1-2-4-10-9(3-1)11(13-17-5-6-18-13)21-12(10)14-22-15-16(23-14)20-8-7-19-15/h1-6H,7-8H2. The fourth-order valence-corrected chi connectivity index (χ4v) is 12.0. The maximum absolute atomic E-state index is 2.29. The Kier molecular flexibility index (Phi) is 4.56. The van der Waals surface area contributed by atoms with Crippen LogP contribution in [0.15, 0.2) is 43.6 Å². The molecule has 1 aromatic heterocycles. The van der Waals surface area contributed by atoms with E-state index in [1.54, 1.807) is 0 Å². The Morgan fingerprint density at radius 1 is 0.652 bits per heavy atom. The Balaban J connectivity index is 1.75. The van der Waals surface area contributed by atoms with Crippen LogP contribution in [-0.2, 0) is 0 Å². The number of thiophene rings is 1. The molecule has 4 heterocycles. The quantitative estimate of drug-likeness (QED) is 0.498. The Labute approximate surface area is 164 Å². The summed E-state index contributed by atoms with van der Waals surface area (Å²) in [5.74, 6) is 2.50. The van der Waals surface area contributed by atoms with E-state index in [9.17, 15) is 0 Å². The molecule has 2 aromatic rings. The Bertz CT molecular complexity index is 950. The van der Waals surface area contributed by atoms with Gasteiger partial charge in [-0.1, -0.05) is 71.3 Å². The van der Waals surface area contributed by atoms with Gasteiger partial charge in [0.1, 0.15) is 0 Å². The molecule has 0 aliphatic carbocycles. The monoisotopic (exact) mass is 426 g/mol. The van der Waals surface area contributed by atoms with Crippen molar-refractivity contribution in [1.82, 2.24) is 0 Å². The maximum Gasteiger partial charge on any atom is 0.0689 e. The van der Waals surface area contributed by atoms with Gasteiger partial charge >= 0.3 is 0 Å². The van der Waals surface area contributed by atoms with Crippen molar-refractivity contribution < 1.29 is 0 Å². The summed E-state index contributed by atoms with van der Waals surface area (Å²) in [4.78, 5) is 0. The topological polar surface area (TPSA) is 0 Å². The smallest absolute Gasteiger partial charge is 0.0689 e. The third kappa shape index (κ3) is 2.86. The van der Waals surface area contributed by atoms with E-state index in [-0.39, 0.29) is 0 Å². The van der Waals surface area contributed by atoms with Gasteiger partial charge in [0, 0.05) is 22.3 Å². The highest BCUT2D eigenvalue weighted by Crippen LogP contribution is 2.60. The lowest BCUT2D eigenvalue weighted by atomic mass is 10.2. The van der Waals surface area contributed by atoms with E-state index in [4.69, 9.17) is 0 Å². The van der Waals surface area contributed by atoms with Crippen LogP contribution in [-0.4, -0.2) is 11.5 Å². The van der Waals surface area contributed by atoms with Crippen LogP contribution in [0, 0.1) is 0 Å². The van der Waals surface area contributed by atoms with Gasteiger partial charge in [-0.05, 0) is 10.8 Å². The fraction of sp³-hybridized carbons (Fsp3) is 0.125. The van der Waals surface area contributed by atoms with E-state index < -0.39 is 0 Å². The molecule has 3 aliphatic heterocycles. The molecular formula is C16H10S7. The van der Waals surface area contributed by atoms with Crippen molar-refractivity contribution >= 4 is 101 Å². The van der Waals surface area contributed by atoms with Gasteiger partial charge < -0.3 is 0 Å². The lowest BCUT2D eigenvalue weighted by Crippen LogP contribution is -1.96. The fourth-order valence-electron chi connectivity index (χ4n) is 2.52. The molecule has 0 radical (unpaired) electrons. The number of thioether (sulfide) groups is 6. The minimum Gasteiger partial charge on any atom is -0.132 e. The first-order chi connectivity index (χ1) is 11.4. The highest BCUT2D eigenvalue weighted by Gasteiger charge is 2.26. The second kappa shape index (κ2) is 6.67. The van der Waals surface area contributed by atoms with Gasteiger partial charge in [0.05, 0.1) is 26.0 Å². The average Bonchev–Trinajstić information content (AvgIpc) is 3.31. The van der Waals surface area contributed by atoms with Gasteiger partial charge in [-0.15, -0.1) is 34.9 Å². The van der Waals surface area contributed by atoms with Crippen LogP contribution >= 0.6 is 81.9 Å². The molecule has 0 saturated heterocycles. The number of hydrogen-bond donors (Lipinski definition) is 0. The van der Waals surface area contributed by atoms with E-state index in [2.05, 4.69) is 35.1 Å². The average molecular weight is 427 g/mol. The van der Waals surface area contributed by atoms with E-state index in [1.807, 2.05) is 81.9 Å². The van der Waals surface area contributed by atoms with Crippen molar-refractivity contribution in [2.24, 2.45) is 0 Å². The third-order valence-corrected chi connectivity index (χ3v) is 13.2. The molecular weight excluding hydrogens is 417 g/mol. The molecule has 1 aromatic carbocycles. The predicted molar refractivity (Wildman–Crippen MR) is 119 cm³/mol. The van der Waals surface area contributed by atoms with Crippen molar-refractivity contribution in [2.75, 3.05) is 11.5 Å². The first-order valence-corrected chi connectivity index (χ1v) is 13.2. The van der Waals surface area contributed by atoms with E-state index in [0.29, 0.717) is 0 Å². The van der Waals surface area contributed by atoms with Gasteiger partial charge in [0.15, 0.2) is 0 Å². The summed E-state index contributed by atoms with van der Waals surface area (Å²) in [6.07, 6.45) is 0. The zero-order chi connectivity index (χ0) is 15.2. The van der Waals surface area contributed by atoms with Crippen LogP contribution in [0.5, 0.6) is 0 Å². The largest absolute Gasteiger partial charge is 0.132 e. The van der Waals surface area contributed by atoms with Crippen molar-refractivity contribution in [3.63, 3.8) is 0 Å². The molecule has 0 unspecified atom stereocenters. The molecule has 116 valence electrons. The molecule has 0 fully saturated rings. The SMILES string of the molecule is C1=CSC(=c2sc(=C3SC4=C(SCCS4)S3)c3ccccc23)S1. The van der Waals surface area contributed by atoms with Crippen molar-refractivity contribution in [1.29, 1.82) is 0 Å². The van der Waals surface area contributed by atoms with Crippen LogP contribution in [0.3, 0.4) is 0 Å². The zero-order valence-corrected chi connectivity index (χ0v) is 17.5. The summed E-state index contributed by atoms with van der Waals surface area (Å²) in [6.45, 7) is 0. The van der Waals surface area contributed by atoms with Gasteiger partial charge in [-0.2, -0.15) is 0 Å². The second-order valence-electron chi connectivity index (χ2n) is 4.86. The third-order valence-electron chi connectivity index (χ3n) is 3.48. The van der Waals surface area contributed by atoms with Crippen LogP contribution in [0.2, 0.25) is 0 Å². The summed E-state index contributed by atoms with van der Waals surface area (Å²) in [7, 11) is 0. The summed E-state index contributed by atoms with van der Waals surface area (Å²) in [5.41, 5.74) is 0. The summed E-state index contributed by atoms with van der Waals surface area (Å²) in [5, 5.41) is 7.20. The van der Waals surface area contributed by atoms with Crippen LogP contribution in [0.1, 0.15) is 0 Å². The van der Waals surface area contributed by atoms with Crippen molar-refractivity contribution in [2.45, 2.75) is 0 Å². The zero-order valence-electron chi connectivity index (χ0n) is 11.7. The predicted octanol–water partition coefficient (Wildman–Crippen LogP) is 6.07. The number of rotatable bonds is 0. The summed E-state index contributed by atoms with van der Waals surface area (Å²) < 4.78 is 8.85. The molecule has 0 saturated carbocycles. The molecule has 3 aliphatic rings. The summed E-state index contributed by atoms with van der Waals surface area (Å²) >= 11 is 13.7. The minimum atomic E-state index is 1.25. The van der Waals surface area contributed by atoms with Gasteiger partial charge in [-0.3, -0.25) is 0 Å². The van der Waals surface area contributed by atoms with E-state index >= 15 is 0 Å². The Morgan fingerprint density at radius 2 is 1.22 bits per heavy atom. The summed E-state index contributed by atoms with van der Waals surface area (Å²) in [6, 6.07) is 8.89. The maximum atomic E-state index is 2.29. The number of hydrogen-bond acceptors (Lipinski definition) is 7. The molecule has 0 atom stereocenters. The first-order valence-electron chi connectivity index (χ1n) is 7.00. The Hall–Kier alpha value is 0.500. The highest BCUT2D eigenvalue weighted by atomic mass is 32.3. The van der Waals surface area contributed by atoms with Gasteiger partial charge in [-0.25, -0.2) is 0 Å². The lowest BCUT2D eigenvalue weighted by molar-refractivity contribution is 1.56. The molecule has 0 spiro atoms. The molecule has 7 heteroatoms. The van der Waals surface area contributed by atoms with Gasteiger partial charge in [0.25, 0.3) is 0 Å². The first kappa shape index (κ1) is 15.7. The second-order valence-corrected chi connectivity index (χ2v) is 13.0. The van der Waals surface area contributed by atoms with Crippen LogP contribution in [0.25, 0.3) is 19.2 Å². The van der Waals surface area contributed by atoms with E-state index in [0.717, 1.165) is 0 Å². The molecule has 5 rings (SSSR count). The number of fused-ring (bicyclic) bond motifs is 1. The van der Waals surface area contributed by atoms with E-state index in [1.165, 1.54) is 48.3 Å². The molecule has 0 bridgehead atoms.